The number of pyridine rings is 1. The predicted molar refractivity (Wildman–Crippen MR) is 73.1 cm³/mol. The Morgan fingerprint density at radius 1 is 1.63 bits per heavy atom. The van der Waals surface area contributed by atoms with Crippen molar-refractivity contribution in [1.82, 2.24) is 4.98 Å². The van der Waals surface area contributed by atoms with Gasteiger partial charge < -0.3 is 10.2 Å². The van der Waals surface area contributed by atoms with E-state index in [4.69, 9.17) is 5.26 Å². The van der Waals surface area contributed by atoms with Gasteiger partial charge in [0.05, 0.1) is 29.0 Å². The topological polar surface area (TPSA) is 95.1 Å². The lowest BCUT2D eigenvalue weighted by Gasteiger charge is -2.19. The standard InChI is InChI=1S/C12H17N5O2/c1-4-14-11-5-10(17(18)19)6-12(15-11)16(3)8-9(2)7-13/h5-6,9H,4,8H2,1-3H3,(H,14,15). The van der Waals surface area contributed by atoms with Gasteiger partial charge in [-0.1, -0.05) is 0 Å². The zero-order valence-electron chi connectivity index (χ0n) is 11.3. The maximum Gasteiger partial charge on any atom is 0.276 e. The van der Waals surface area contributed by atoms with Crippen LogP contribution in [0.5, 0.6) is 0 Å². The smallest absolute Gasteiger partial charge is 0.276 e. The van der Waals surface area contributed by atoms with E-state index in [1.54, 1.807) is 18.9 Å². The minimum absolute atomic E-state index is 0.0163. The number of nitro groups is 1. The molecule has 0 aliphatic carbocycles. The quantitative estimate of drug-likeness (QED) is 0.623. The fraction of sp³-hybridized carbons (Fsp3) is 0.500. The third-order valence-corrected chi connectivity index (χ3v) is 2.52. The van der Waals surface area contributed by atoms with Crippen LogP contribution in [-0.2, 0) is 0 Å². The highest BCUT2D eigenvalue weighted by atomic mass is 16.6. The van der Waals surface area contributed by atoms with Crippen LogP contribution < -0.4 is 10.2 Å². The zero-order chi connectivity index (χ0) is 14.4. The van der Waals surface area contributed by atoms with E-state index < -0.39 is 4.92 Å². The molecule has 0 radical (unpaired) electrons. The third kappa shape index (κ3) is 4.10. The second kappa shape index (κ2) is 6.54. The van der Waals surface area contributed by atoms with E-state index in [1.807, 2.05) is 6.92 Å². The van der Waals surface area contributed by atoms with Gasteiger partial charge in [0.15, 0.2) is 0 Å². The number of nitrogens with zero attached hydrogens (tertiary/aromatic N) is 4. The Kier molecular flexibility index (Phi) is 5.06. The molecular formula is C12H17N5O2. The molecule has 0 bridgehead atoms. The van der Waals surface area contributed by atoms with Crippen molar-refractivity contribution >= 4 is 17.3 Å². The Hall–Kier alpha value is -2.36. The summed E-state index contributed by atoms with van der Waals surface area (Å²) >= 11 is 0. The van der Waals surface area contributed by atoms with Crippen LogP contribution in [0.4, 0.5) is 17.3 Å². The van der Waals surface area contributed by atoms with Crippen LogP contribution in [0.1, 0.15) is 13.8 Å². The molecule has 7 nitrogen and oxygen atoms in total. The Bertz CT molecular complexity index is 497. The van der Waals surface area contributed by atoms with E-state index in [2.05, 4.69) is 16.4 Å². The molecule has 0 aliphatic rings. The van der Waals surface area contributed by atoms with Gasteiger partial charge in [0.1, 0.15) is 11.6 Å². The number of nitrogens with one attached hydrogen (secondary N) is 1. The van der Waals surface area contributed by atoms with Crippen molar-refractivity contribution in [3.8, 4) is 6.07 Å². The van der Waals surface area contributed by atoms with E-state index in [-0.39, 0.29) is 11.6 Å². The maximum atomic E-state index is 10.9. The Balaban J connectivity index is 3.05. The molecule has 1 aromatic rings. The zero-order valence-corrected chi connectivity index (χ0v) is 11.3. The molecule has 1 atom stereocenters. The molecule has 1 aromatic heterocycles. The van der Waals surface area contributed by atoms with Crippen molar-refractivity contribution in [2.75, 3.05) is 30.4 Å². The molecule has 102 valence electrons. The Morgan fingerprint density at radius 2 is 2.32 bits per heavy atom. The summed E-state index contributed by atoms with van der Waals surface area (Å²) in [6.07, 6.45) is 0. The van der Waals surface area contributed by atoms with Crippen LogP contribution in [0.2, 0.25) is 0 Å². The van der Waals surface area contributed by atoms with E-state index >= 15 is 0 Å². The van der Waals surface area contributed by atoms with Crippen LogP contribution in [0.25, 0.3) is 0 Å². The van der Waals surface area contributed by atoms with Crippen LogP contribution in [0.15, 0.2) is 12.1 Å². The molecule has 0 aliphatic heterocycles. The van der Waals surface area contributed by atoms with E-state index in [0.29, 0.717) is 24.7 Å². The molecule has 0 saturated carbocycles. The summed E-state index contributed by atoms with van der Waals surface area (Å²) < 4.78 is 0. The van der Waals surface area contributed by atoms with Gasteiger partial charge in [-0.3, -0.25) is 10.1 Å². The number of rotatable bonds is 6. The molecule has 0 spiro atoms. The van der Waals surface area contributed by atoms with Crippen molar-refractivity contribution in [2.24, 2.45) is 5.92 Å². The minimum atomic E-state index is -0.451. The summed E-state index contributed by atoms with van der Waals surface area (Å²) in [7, 11) is 1.76. The van der Waals surface area contributed by atoms with Crippen LogP contribution in [0, 0.1) is 27.4 Å². The fourth-order valence-electron chi connectivity index (χ4n) is 1.62. The van der Waals surface area contributed by atoms with Gasteiger partial charge in [-0.15, -0.1) is 0 Å². The van der Waals surface area contributed by atoms with E-state index in [1.165, 1.54) is 12.1 Å². The lowest BCUT2D eigenvalue weighted by atomic mass is 10.2. The van der Waals surface area contributed by atoms with Gasteiger partial charge in [0.25, 0.3) is 5.69 Å². The molecule has 7 heteroatoms. The first-order valence-electron chi connectivity index (χ1n) is 5.99. The summed E-state index contributed by atoms with van der Waals surface area (Å²) in [4.78, 5) is 16.5. The second-order valence-corrected chi connectivity index (χ2v) is 4.27. The highest BCUT2D eigenvalue weighted by Gasteiger charge is 2.15. The molecule has 0 aromatic carbocycles. The van der Waals surface area contributed by atoms with Crippen molar-refractivity contribution < 1.29 is 4.92 Å². The van der Waals surface area contributed by atoms with Gasteiger partial charge in [-0.05, 0) is 13.8 Å². The SMILES string of the molecule is CCNc1cc([N+](=O)[O-])cc(N(C)CC(C)C#N)n1. The maximum absolute atomic E-state index is 10.9. The molecule has 0 fully saturated rings. The molecule has 1 rings (SSSR count). The monoisotopic (exact) mass is 263 g/mol. The van der Waals surface area contributed by atoms with Gasteiger partial charge in [-0.2, -0.15) is 5.26 Å². The number of aromatic nitrogens is 1. The minimum Gasteiger partial charge on any atom is -0.370 e. The number of hydrogen-bond donors (Lipinski definition) is 1. The predicted octanol–water partition coefficient (Wildman–Crippen LogP) is 2.02. The van der Waals surface area contributed by atoms with Gasteiger partial charge in [-0.25, -0.2) is 4.98 Å². The van der Waals surface area contributed by atoms with E-state index in [0.717, 1.165) is 0 Å². The lowest BCUT2D eigenvalue weighted by Crippen LogP contribution is -2.24. The summed E-state index contributed by atoms with van der Waals surface area (Å²) in [6, 6.07) is 4.93. The summed E-state index contributed by atoms with van der Waals surface area (Å²) in [6.45, 7) is 4.78. The molecule has 0 amide bonds. The van der Waals surface area contributed by atoms with E-state index in [9.17, 15) is 10.1 Å². The number of hydrogen-bond acceptors (Lipinski definition) is 6. The van der Waals surface area contributed by atoms with Crippen molar-refractivity contribution in [1.29, 1.82) is 5.26 Å². The number of anilines is 2. The molecule has 1 heterocycles. The highest BCUT2D eigenvalue weighted by molar-refractivity contribution is 5.55. The first-order chi connectivity index (χ1) is 8.97. The van der Waals surface area contributed by atoms with Crippen LogP contribution in [0.3, 0.4) is 0 Å². The van der Waals surface area contributed by atoms with Gasteiger partial charge in [0.2, 0.25) is 0 Å². The normalized spacial score (nSPS) is 11.5. The lowest BCUT2D eigenvalue weighted by molar-refractivity contribution is -0.384. The second-order valence-electron chi connectivity index (χ2n) is 4.27. The summed E-state index contributed by atoms with van der Waals surface area (Å²) in [5.74, 6) is 0.768. The average molecular weight is 263 g/mol. The van der Waals surface area contributed by atoms with Gasteiger partial charge in [0, 0.05) is 20.1 Å². The van der Waals surface area contributed by atoms with Gasteiger partial charge >= 0.3 is 0 Å². The Labute approximate surface area is 112 Å². The van der Waals surface area contributed by atoms with Crippen molar-refractivity contribution in [2.45, 2.75) is 13.8 Å². The molecule has 0 saturated heterocycles. The van der Waals surface area contributed by atoms with Crippen molar-refractivity contribution in [3.63, 3.8) is 0 Å². The first-order valence-corrected chi connectivity index (χ1v) is 5.99. The largest absolute Gasteiger partial charge is 0.370 e. The third-order valence-electron chi connectivity index (χ3n) is 2.52. The highest BCUT2D eigenvalue weighted by Crippen LogP contribution is 2.23. The van der Waals surface area contributed by atoms with Crippen LogP contribution >= 0.6 is 0 Å². The molecule has 1 unspecified atom stereocenters. The summed E-state index contributed by atoms with van der Waals surface area (Å²) in [5, 5.41) is 22.6. The first kappa shape index (κ1) is 14.7. The molecule has 19 heavy (non-hydrogen) atoms. The molecular weight excluding hydrogens is 246 g/mol. The molecule has 1 N–H and O–H groups in total. The van der Waals surface area contributed by atoms with Crippen LogP contribution in [-0.4, -0.2) is 30.0 Å². The fourth-order valence-corrected chi connectivity index (χ4v) is 1.62. The number of nitriles is 1. The van der Waals surface area contributed by atoms with Crippen molar-refractivity contribution in [3.05, 3.63) is 22.2 Å². The Morgan fingerprint density at radius 3 is 2.84 bits per heavy atom. The summed E-state index contributed by atoms with van der Waals surface area (Å²) in [5.41, 5.74) is -0.0163. The average Bonchev–Trinajstić information content (AvgIpc) is 2.38.